The molecule has 1 amide bonds. The van der Waals surface area contributed by atoms with Crippen molar-refractivity contribution < 1.29 is 23.9 Å². The van der Waals surface area contributed by atoms with Crippen LogP contribution in [0.1, 0.15) is 27.2 Å². The van der Waals surface area contributed by atoms with Crippen molar-refractivity contribution in [1.82, 2.24) is 5.06 Å². The van der Waals surface area contributed by atoms with E-state index < -0.39 is 11.8 Å². The van der Waals surface area contributed by atoms with E-state index in [9.17, 15) is 9.59 Å². The molecule has 0 aliphatic heterocycles. The molecular weight excluding hydrogens is 341 g/mol. The lowest BCUT2D eigenvalue weighted by atomic mass is 10.2. The summed E-state index contributed by atoms with van der Waals surface area (Å²) >= 11 is 1.90. The van der Waals surface area contributed by atoms with Crippen molar-refractivity contribution in [2.24, 2.45) is 0 Å². The summed E-state index contributed by atoms with van der Waals surface area (Å²) in [5.41, 5.74) is -0.429. The summed E-state index contributed by atoms with van der Waals surface area (Å²) in [6, 6.07) is 0. The van der Waals surface area contributed by atoms with Crippen molar-refractivity contribution >= 4 is 35.2 Å². The van der Waals surface area contributed by atoms with Crippen LogP contribution >= 0.6 is 22.6 Å². The number of carbonyl (C=O) groups excluding carboxylic acids is 2. The van der Waals surface area contributed by atoms with Gasteiger partial charge in [-0.3, -0.25) is 9.63 Å². The molecule has 6 nitrogen and oxygen atoms in total. The van der Waals surface area contributed by atoms with E-state index in [1.54, 1.807) is 0 Å². The number of ether oxygens (including phenoxy) is 2. The van der Waals surface area contributed by atoms with Crippen LogP contribution in [0.2, 0.25) is 0 Å². The van der Waals surface area contributed by atoms with E-state index in [4.69, 9.17) is 9.57 Å². The van der Waals surface area contributed by atoms with Crippen LogP contribution in [0.5, 0.6) is 0 Å². The zero-order chi connectivity index (χ0) is 13.3. The molecule has 0 fully saturated rings. The molecule has 0 aromatic heterocycles. The van der Waals surface area contributed by atoms with E-state index >= 15 is 0 Å². The van der Waals surface area contributed by atoms with Gasteiger partial charge in [-0.25, -0.2) is 9.86 Å². The lowest BCUT2D eigenvalue weighted by Gasteiger charge is -2.26. The van der Waals surface area contributed by atoms with E-state index in [2.05, 4.69) is 4.74 Å². The first-order valence-corrected chi connectivity index (χ1v) is 6.68. The fourth-order valence-electron chi connectivity index (χ4n) is 0.934. The second kappa shape index (κ2) is 8.51. The van der Waals surface area contributed by atoms with Crippen LogP contribution in [-0.2, 0) is 19.1 Å². The Morgan fingerprint density at radius 1 is 1.35 bits per heavy atom. The lowest BCUT2D eigenvalue weighted by molar-refractivity contribution is -0.216. The summed E-state index contributed by atoms with van der Waals surface area (Å²) in [4.78, 5) is 26.8. The Bertz CT molecular complexity index is 241. The highest BCUT2D eigenvalue weighted by molar-refractivity contribution is 14.1. The van der Waals surface area contributed by atoms with Gasteiger partial charge in [-0.05, 0) is 43.4 Å². The molecule has 0 aliphatic rings. The number of rotatable bonds is 7. The molecule has 0 aromatic carbocycles. The molecule has 0 aromatic rings. The Hall–Kier alpha value is -0.570. The van der Waals surface area contributed by atoms with Gasteiger partial charge in [-0.1, -0.05) is 0 Å². The predicted octanol–water partition coefficient (Wildman–Crippen LogP) is 2.11. The Morgan fingerprint density at radius 2 is 2.00 bits per heavy atom. The number of nitrogens with zero attached hydrogens (tertiary/aromatic N) is 1. The number of carbonyl (C=O) groups is 2. The van der Waals surface area contributed by atoms with Gasteiger partial charge in [0.05, 0.1) is 18.8 Å². The zero-order valence-electron chi connectivity index (χ0n) is 10.3. The average molecular weight is 359 g/mol. The minimum Gasteiger partial charge on any atom is -0.434 e. The Morgan fingerprint density at radius 3 is 2.47 bits per heavy atom. The average Bonchev–Trinajstić information content (AvgIpc) is 2.21. The first-order chi connectivity index (χ1) is 7.89. The van der Waals surface area contributed by atoms with E-state index in [0.29, 0.717) is 19.4 Å². The number of hydrogen-bond acceptors (Lipinski definition) is 5. The number of amides is 1. The number of hydrogen-bond donors (Lipinski definition) is 0. The van der Waals surface area contributed by atoms with Gasteiger partial charge in [0, 0.05) is 6.42 Å². The SMILES string of the molecule is CC(C)(C)ON(C=O)CCCOC(=O)OCI. The Labute approximate surface area is 115 Å². The number of hydroxylamine groups is 2. The molecule has 17 heavy (non-hydrogen) atoms. The highest BCUT2D eigenvalue weighted by Crippen LogP contribution is 2.09. The monoisotopic (exact) mass is 359 g/mol. The Kier molecular flexibility index (Phi) is 8.23. The smallest absolute Gasteiger partial charge is 0.434 e. The van der Waals surface area contributed by atoms with Crippen molar-refractivity contribution in [3.63, 3.8) is 0 Å². The van der Waals surface area contributed by atoms with Gasteiger partial charge < -0.3 is 9.47 Å². The maximum Gasteiger partial charge on any atom is 0.509 e. The summed E-state index contributed by atoms with van der Waals surface area (Å²) in [5, 5.41) is 1.19. The molecule has 7 heteroatoms. The molecular formula is C10H18INO5. The second-order valence-corrected chi connectivity index (χ2v) is 4.78. The fraction of sp³-hybridized carbons (Fsp3) is 0.800. The van der Waals surface area contributed by atoms with Crippen LogP contribution in [0.25, 0.3) is 0 Å². The van der Waals surface area contributed by atoms with Gasteiger partial charge in [0.15, 0.2) is 0 Å². The first kappa shape index (κ1) is 16.4. The summed E-state index contributed by atoms with van der Waals surface area (Å²) in [6.07, 6.45) is 0.397. The summed E-state index contributed by atoms with van der Waals surface area (Å²) in [7, 11) is 0. The molecule has 0 heterocycles. The summed E-state index contributed by atoms with van der Waals surface area (Å²) < 4.78 is 9.56. The molecule has 0 N–H and O–H groups in total. The van der Waals surface area contributed by atoms with Crippen molar-refractivity contribution in [3.05, 3.63) is 0 Å². The van der Waals surface area contributed by atoms with Crippen LogP contribution in [0, 0.1) is 0 Å². The van der Waals surface area contributed by atoms with Gasteiger partial charge in [0.2, 0.25) is 6.41 Å². The minimum absolute atomic E-state index is 0.188. The third-order valence-corrected chi connectivity index (χ3v) is 1.74. The van der Waals surface area contributed by atoms with Crippen LogP contribution < -0.4 is 0 Å². The Balaban J connectivity index is 3.71. The van der Waals surface area contributed by atoms with Crippen LogP contribution in [0.4, 0.5) is 4.79 Å². The van der Waals surface area contributed by atoms with Crippen molar-refractivity contribution in [2.75, 3.05) is 17.8 Å². The standard InChI is InChI=1S/C10H18INO5/c1-10(2,3)17-12(8-13)5-4-6-15-9(14)16-7-11/h8H,4-7H2,1-3H3. The van der Waals surface area contributed by atoms with Crippen molar-refractivity contribution in [1.29, 1.82) is 0 Å². The van der Waals surface area contributed by atoms with Gasteiger partial charge in [-0.15, -0.1) is 0 Å². The van der Waals surface area contributed by atoms with Crippen LogP contribution in [-0.4, -0.2) is 41.0 Å². The zero-order valence-corrected chi connectivity index (χ0v) is 12.4. The minimum atomic E-state index is -0.700. The molecule has 0 radical (unpaired) electrons. The molecule has 0 bridgehead atoms. The molecule has 0 saturated carbocycles. The first-order valence-electron chi connectivity index (χ1n) is 5.15. The quantitative estimate of drug-likeness (QED) is 0.174. The number of halogens is 1. The topological polar surface area (TPSA) is 65.1 Å². The van der Waals surface area contributed by atoms with Crippen molar-refractivity contribution in [2.45, 2.75) is 32.8 Å². The molecule has 0 saturated heterocycles. The molecule has 0 aliphatic carbocycles. The number of alkyl halides is 1. The third-order valence-electron chi connectivity index (χ3n) is 1.42. The van der Waals surface area contributed by atoms with Crippen molar-refractivity contribution in [3.8, 4) is 0 Å². The molecule has 100 valence electrons. The normalized spacial score (nSPS) is 10.8. The van der Waals surface area contributed by atoms with Crippen LogP contribution in [0.15, 0.2) is 0 Å². The van der Waals surface area contributed by atoms with E-state index in [1.165, 1.54) is 5.06 Å². The van der Waals surface area contributed by atoms with E-state index in [0.717, 1.165) is 0 Å². The predicted molar refractivity (Wildman–Crippen MR) is 69.5 cm³/mol. The largest absolute Gasteiger partial charge is 0.509 e. The molecule has 0 spiro atoms. The van der Waals surface area contributed by atoms with Gasteiger partial charge in [0.25, 0.3) is 0 Å². The van der Waals surface area contributed by atoms with Gasteiger partial charge >= 0.3 is 6.16 Å². The second-order valence-electron chi connectivity index (χ2n) is 4.16. The summed E-state index contributed by atoms with van der Waals surface area (Å²) in [5.74, 6) is 0. The maximum absolute atomic E-state index is 10.8. The highest BCUT2D eigenvalue weighted by Gasteiger charge is 2.15. The highest BCUT2D eigenvalue weighted by atomic mass is 127. The van der Waals surface area contributed by atoms with E-state index in [1.807, 2.05) is 43.4 Å². The van der Waals surface area contributed by atoms with E-state index in [-0.39, 0.29) is 11.2 Å². The van der Waals surface area contributed by atoms with Crippen LogP contribution in [0.3, 0.4) is 0 Å². The van der Waals surface area contributed by atoms with Gasteiger partial charge in [-0.2, -0.15) is 0 Å². The van der Waals surface area contributed by atoms with Gasteiger partial charge in [0.1, 0.15) is 4.61 Å². The summed E-state index contributed by atoms with van der Waals surface area (Å²) in [6.45, 7) is 6.08. The molecule has 0 unspecified atom stereocenters. The fourth-order valence-corrected chi connectivity index (χ4v) is 1.19. The molecule has 0 rings (SSSR count). The lowest BCUT2D eigenvalue weighted by Crippen LogP contribution is -2.34. The molecule has 0 atom stereocenters. The third kappa shape index (κ3) is 10.3. The maximum atomic E-state index is 10.8.